The van der Waals surface area contributed by atoms with E-state index in [2.05, 4.69) is 20.0 Å². The van der Waals surface area contributed by atoms with Crippen molar-refractivity contribution in [2.24, 2.45) is 5.41 Å². The van der Waals surface area contributed by atoms with Gasteiger partial charge in [-0.15, -0.1) is 0 Å². The Balaban J connectivity index is 1.33. The van der Waals surface area contributed by atoms with Crippen LogP contribution in [-0.2, 0) is 23.4 Å². The molecule has 15 nitrogen and oxygen atoms in total. The molecule has 2 unspecified atom stereocenters. The molecule has 6 atom stereocenters. The number of anilines is 1. The molecule has 0 saturated carbocycles. The summed E-state index contributed by atoms with van der Waals surface area (Å²) in [5, 5.41) is 27.1. The molecule has 6 rings (SSSR count). The minimum absolute atomic E-state index is 0.0934. The second-order valence-corrected chi connectivity index (χ2v) is 15.3. The molecular weight excluding hydrogens is 679 g/mol. The van der Waals surface area contributed by atoms with E-state index in [1.165, 1.54) is 24.9 Å². The van der Waals surface area contributed by atoms with Crippen molar-refractivity contribution in [3.63, 3.8) is 0 Å². The summed E-state index contributed by atoms with van der Waals surface area (Å²) in [5.74, 6) is -0.482. The van der Waals surface area contributed by atoms with Crippen LogP contribution in [0.15, 0.2) is 79.1 Å². The number of benzene rings is 3. The Bertz CT molecular complexity index is 2060. The minimum Gasteiger partial charge on any atom is -0.479 e. The van der Waals surface area contributed by atoms with E-state index < -0.39 is 50.4 Å². The van der Waals surface area contributed by atoms with Gasteiger partial charge in [0.2, 0.25) is 11.8 Å². The Labute approximate surface area is 294 Å². The molecule has 1 aliphatic rings. The van der Waals surface area contributed by atoms with Gasteiger partial charge in [0.15, 0.2) is 17.4 Å². The number of imidazole rings is 1. The average molecular weight is 721 g/mol. The molecular formula is C35H41N6O9P. The van der Waals surface area contributed by atoms with Gasteiger partial charge in [0.25, 0.3) is 0 Å². The maximum absolute atomic E-state index is 14.9. The third-order valence-electron chi connectivity index (χ3n) is 8.29. The predicted octanol–water partition coefficient (Wildman–Crippen LogP) is 4.70. The molecule has 5 N–H and O–H groups in total. The second-order valence-electron chi connectivity index (χ2n) is 13.6. The van der Waals surface area contributed by atoms with Crippen molar-refractivity contribution in [2.45, 2.75) is 57.8 Å². The fourth-order valence-electron chi connectivity index (χ4n) is 5.70. The second kappa shape index (κ2) is 14.2. The molecule has 1 saturated heterocycles. The summed E-state index contributed by atoms with van der Waals surface area (Å²) >= 11 is 0. The summed E-state index contributed by atoms with van der Waals surface area (Å²) in [4.78, 5) is 26.2. The molecule has 16 heteroatoms. The van der Waals surface area contributed by atoms with Gasteiger partial charge in [0.05, 0.1) is 26.7 Å². The first-order valence-electron chi connectivity index (χ1n) is 16.2. The molecule has 0 spiro atoms. The first-order chi connectivity index (χ1) is 24.2. The number of nitrogen functional groups attached to an aromatic ring is 1. The van der Waals surface area contributed by atoms with Crippen molar-refractivity contribution in [3.05, 3.63) is 84.7 Å². The van der Waals surface area contributed by atoms with E-state index in [9.17, 15) is 19.6 Å². The van der Waals surface area contributed by atoms with Crippen LogP contribution in [0.5, 0.6) is 11.6 Å². The number of nitrogens with one attached hydrogen (secondary N) is 1. The average Bonchev–Trinajstić information content (AvgIpc) is 3.61. The number of esters is 1. The molecule has 3 aromatic carbocycles. The zero-order valence-electron chi connectivity index (χ0n) is 28.8. The fraction of sp³-hybridized carbons (Fsp3) is 0.371. The number of rotatable bonds is 12. The Hall–Kier alpha value is -4.63. The quantitative estimate of drug-likeness (QED) is 0.102. The number of hydrogen-bond donors (Lipinski definition) is 4. The first kappa shape index (κ1) is 36.2. The Morgan fingerprint density at radius 1 is 1.10 bits per heavy atom. The monoisotopic (exact) mass is 720 g/mol. The number of methoxy groups -OCH3 is 1. The molecule has 0 aliphatic carbocycles. The lowest BCUT2D eigenvalue weighted by molar-refractivity contribution is -0.148. The van der Waals surface area contributed by atoms with Crippen LogP contribution in [0.4, 0.5) is 5.95 Å². The summed E-state index contributed by atoms with van der Waals surface area (Å²) < 4.78 is 45.6. The largest absolute Gasteiger partial charge is 0.479 e. The molecule has 0 bridgehead atoms. The van der Waals surface area contributed by atoms with Crippen LogP contribution in [0.25, 0.3) is 21.9 Å². The van der Waals surface area contributed by atoms with Crippen LogP contribution < -0.4 is 20.1 Å². The number of hydrogen-bond acceptors (Lipinski definition) is 13. The topological polar surface area (TPSA) is 202 Å². The number of fused-ring (bicyclic) bond motifs is 2. The molecule has 1 fully saturated rings. The fourth-order valence-corrected chi connectivity index (χ4v) is 7.21. The van der Waals surface area contributed by atoms with E-state index in [-0.39, 0.29) is 40.8 Å². The third kappa shape index (κ3) is 7.69. The standard InChI is InChI=1S/C35H41N6O9P/c1-34(2,3)19-47-31(43)26(22-13-7-6-8-14-22)40-51(45,50-24-17-11-15-21-12-9-10-16-23(21)24)48-18-25-28(42)35(4,44)32(49-25)41-20-37-27-29(41)38-33(36)39-30(27)46-5/h6-17,20,25-26,28,32,42,44H,18-19H2,1-5H3,(H,40,45)(H2,36,38,39)/t25-,26+,28-,32?,35-,51?/m1/s1. The smallest absolute Gasteiger partial charge is 0.459 e. The van der Waals surface area contributed by atoms with Crippen LogP contribution in [0, 0.1) is 5.41 Å². The van der Waals surface area contributed by atoms with Gasteiger partial charge in [-0.2, -0.15) is 15.1 Å². The van der Waals surface area contributed by atoms with E-state index in [0.717, 1.165) is 5.39 Å². The maximum Gasteiger partial charge on any atom is 0.459 e. The highest BCUT2D eigenvalue weighted by molar-refractivity contribution is 7.52. The van der Waals surface area contributed by atoms with Crippen molar-refractivity contribution >= 4 is 41.6 Å². The van der Waals surface area contributed by atoms with Gasteiger partial charge < -0.3 is 34.7 Å². The van der Waals surface area contributed by atoms with Gasteiger partial charge in [-0.1, -0.05) is 87.5 Å². The van der Waals surface area contributed by atoms with Crippen molar-refractivity contribution in [1.29, 1.82) is 0 Å². The Morgan fingerprint density at radius 2 is 1.80 bits per heavy atom. The molecule has 2 aromatic heterocycles. The lowest BCUT2D eigenvalue weighted by Gasteiger charge is -2.28. The van der Waals surface area contributed by atoms with E-state index >= 15 is 0 Å². The van der Waals surface area contributed by atoms with E-state index in [4.69, 9.17) is 29.0 Å². The van der Waals surface area contributed by atoms with Crippen LogP contribution in [0.2, 0.25) is 0 Å². The predicted molar refractivity (Wildman–Crippen MR) is 188 cm³/mol. The summed E-state index contributed by atoms with van der Waals surface area (Å²) in [5.41, 5.74) is 4.50. The molecule has 5 aromatic rings. The van der Waals surface area contributed by atoms with Crippen molar-refractivity contribution in [1.82, 2.24) is 24.6 Å². The van der Waals surface area contributed by atoms with Gasteiger partial charge in [0, 0.05) is 5.39 Å². The van der Waals surface area contributed by atoms with Gasteiger partial charge in [-0.3, -0.25) is 9.09 Å². The van der Waals surface area contributed by atoms with Gasteiger partial charge in [-0.25, -0.2) is 14.3 Å². The normalized spacial score (nSPS) is 22.5. The zero-order valence-corrected chi connectivity index (χ0v) is 29.7. The highest BCUT2D eigenvalue weighted by atomic mass is 31.2. The number of aromatic nitrogens is 4. The number of aliphatic hydroxyl groups is 2. The third-order valence-corrected chi connectivity index (χ3v) is 9.79. The lowest BCUT2D eigenvalue weighted by atomic mass is 9.96. The van der Waals surface area contributed by atoms with Crippen LogP contribution in [0.3, 0.4) is 0 Å². The summed E-state index contributed by atoms with van der Waals surface area (Å²) in [6, 6.07) is 19.9. The van der Waals surface area contributed by atoms with Crippen LogP contribution in [-0.4, -0.2) is 73.8 Å². The molecule has 270 valence electrons. The zero-order chi connectivity index (χ0) is 36.6. The highest BCUT2D eigenvalue weighted by Crippen LogP contribution is 2.50. The lowest BCUT2D eigenvalue weighted by Crippen LogP contribution is -2.44. The Kier molecular flexibility index (Phi) is 10.1. The SMILES string of the molecule is COc1nc(N)nc2c1ncn2C1O[C@H](COP(=O)(N[C@H](C(=O)OCC(C)(C)C)c2ccccc2)Oc2cccc3ccccc23)[C@@H](O)[C@@]1(C)O. The maximum atomic E-state index is 14.9. The summed E-state index contributed by atoms with van der Waals surface area (Å²) in [6.07, 6.45) is -2.72. The number of aliphatic hydroxyl groups excluding tert-OH is 1. The van der Waals surface area contributed by atoms with Gasteiger partial charge >= 0.3 is 13.7 Å². The van der Waals surface area contributed by atoms with Crippen LogP contribution in [0.1, 0.15) is 45.5 Å². The molecule has 1 aliphatic heterocycles. The summed E-state index contributed by atoms with van der Waals surface area (Å²) in [6.45, 7) is 6.68. The van der Waals surface area contributed by atoms with E-state index in [1.54, 1.807) is 48.5 Å². The van der Waals surface area contributed by atoms with Crippen LogP contribution >= 0.6 is 7.75 Å². The van der Waals surface area contributed by atoms with Crippen molar-refractivity contribution in [3.8, 4) is 11.6 Å². The molecule has 3 heterocycles. The van der Waals surface area contributed by atoms with Gasteiger partial charge in [0.1, 0.15) is 29.6 Å². The highest BCUT2D eigenvalue weighted by Gasteiger charge is 2.54. The first-order valence-corrected chi connectivity index (χ1v) is 17.7. The molecule has 51 heavy (non-hydrogen) atoms. The minimum atomic E-state index is -4.54. The van der Waals surface area contributed by atoms with Crippen molar-refractivity contribution in [2.75, 3.05) is 26.1 Å². The number of ether oxygens (including phenoxy) is 3. The van der Waals surface area contributed by atoms with Gasteiger partial charge in [-0.05, 0) is 29.4 Å². The Morgan fingerprint density at radius 3 is 2.53 bits per heavy atom. The molecule has 0 amide bonds. The summed E-state index contributed by atoms with van der Waals surface area (Å²) in [7, 11) is -3.14. The van der Waals surface area contributed by atoms with E-state index in [1.807, 2.05) is 45.0 Å². The number of nitrogens with zero attached hydrogens (tertiary/aromatic N) is 4. The number of carbonyl (C=O) groups excluding carboxylic acids is 1. The van der Waals surface area contributed by atoms with Crippen molar-refractivity contribution < 1.29 is 42.8 Å². The number of carbonyl (C=O) groups is 1. The van der Waals surface area contributed by atoms with E-state index in [0.29, 0.717) is 10.9 Å². The number of nitrogens with two attached hydrogens (primary N) is 1. The molecule has 0 radical (unpaired) electrons.